The predicted octanol–water partition coefficient (Wildman–Crippen LogP) is 11.0. The first-order valence-electron chi connectivity index (χ1n) is 15.7. The lowest BCUT2D eigenvalue weighted by atomic mass is 9.93. The van der Waals surface area contributed by atoms with Crippen LogP contribution in [0.3, 0.4) is 0 Å². The van der Waals surface area contributed by atoms with E-state index < -0.39 is 0 Å². The molecule has 0 aliphatic carbocycles. The maximum absolute atomic E-state index is 5.26. The van der Waals surface area contributed by atoms with Gasteiger partial charge in [-0.2, -0.15) is 0 Å². The van der Waals surface area contributed by atoms with E-state index in [-0.39, 0.29) is 0 Å². The zero-order valence-electron chi connectivity index (χ0n) is 25.6. The van der Waals surface area contributed by atoms with Gasteiger partial charge in [-0.05, 0) is 52.2 Å². The minimum Gasteiger partial charge on any atom is -0.298 e. The number of aromatic nitrogens is 4. The number of nitrogens with zero attached hydrogens (tertiary/aromatic N) is 4. The molecule has 9 aromatic rings. The zero-order valence-corrected chi connectivity index (χ0v) is 25.6. The van der Waals surface area contributed by atoms with Crippen LogP contribution in [-0.2, 0) is 0 Å². The van der Waals surface area contributed by atoms with Crippen LogP contribution >= 0.6 is 0 Å². The molecule has 0 saturated heterocycles. The normalized spacial score (nSPS) is 12.1. The maximum Gasteiger partial charge on any atom is 0.137 e. The predicted molar refractivity (Wildman–Crippen MR) is 198 cm³/mol. The maximum atomic E-state index is 5.26. The van der Waals surface area contributed by atoms with Crippen molar-refractivity contribution in [1.29, 1.82) is 0 Å². The van der Waals surface area contributed by atoms with Gasteiger partial charge in [-0.15, -0.1) is 0 Å². The van der Waals surface area contributed by atoms with Crippen LogP contribution in [-0.4, -0.2) is 19.4 Å². The average Bonchev–Trinajstić information content (AvgIpc) is 3.53. The molecule has 0 atom stereocenters. The van der Waals surface area contributed by atoms with E-state index in [9.17, 15) is 0 Å². The standard InChI is InChI=1S/C43H28N4/c1-3-12-27(4-2)40-35-23-20-28-13-5-6-16-32(28)39(35)33-22-21-30(26-37(33)45-40)29-14-11-15-31(25-29)41-43-42(34-17-7-8-18-36(34)44-41)46-38-19-9-10-24-47(38)43/h3-26H,1-2H2/b27-12+. The highest BCUT2D eigenvalue weighted by molar-refractivity contribution is 6.22. The Balaban J connectivity index is 1.28. The van der Waals surface area contributed by atoms with Crippen LogP contribution in [0.4, 0.5) is 0 Å². The Labute approximate surface area is 271 Å². The number of hydrogen-bond acceptors (Lipinski definition) is 3. The molecule has 0 fully saturated rings. The van der Waals surface area contributed by atoms with Crippen molar-refractivity contribution in [2.24, 2.45) is 0 Å². The van der Waals surface area contributed by atoms with Crippen LogP contribution in [0.5, 0.6) is 0 Å². The van der Waals surface area contributed by atoms with Gasteiger partial charge in [0, 0.05) is 38.9 Å². The summed E-state index contributed by atoms with van der Waals surface area (Å²) < 4.78 is 2.14. The molecule has 0 amide bonds. The second kappa shape index (κ2) is 10.6. The van der Waals surface area contributed by atoms with Gasteiger partial charge >= 0.3 is 0 Å². The lowest BCUT2D eigenvalue weighted by Crippen LogP contribution is -1.94. The summed E-state index contributed by atoms with van der Waals surface area (Å²) in [5.74, 6) is 0. The second-order valence-corrected chi connectivity index (χ2v) is 11.8. The molecule has 0 aliphatic rings. The molecule has 0 bridgehead atoms. The number of rotatable bonds is 5. The van der Waals surface area contributed by atoms with E-state index in [1.54, 1.807) is 6.08 Å². The Morgan fingerprint density at radius 2 is 1.38 bits per heavy atom. The zero-order chi connectivity index (χ0) is 31.5. The molecule has 0 aliphatic heterocycles. The number of para-hydroxylation sites is 1. The van der Waals surface area contributed by atoms with Gasteiger partial charge in [0.2, 0.25) is 0 Å². The van der Waals surface area contributed by atoms with Crippen LogP contribution in [0.1, 0.15) is 5.69 Å². The lowest BCUT2D eigenvalue weighted by molar-refractivity contribution is 1.22. The second-order valence-electron chi connectivity index (χ2n) is 11.8. The summed E-state index contributed by atoms with van der Waals surface area (Å²) in [5, 5.41) is 6.85. The molecule has 4 heteroatoms. The highest BCUT2D eigenvalue weighted by Gasteiger charge is 2.18. The smallest absolute Gasteiger partial charge is 0.137 e. The molecular formula is C43H28N4. The minimum absolute atomic E-state index is 0.898. The Hall–Kier alpha value is -6.39. The molecule has 4 heterocycles. The number of hydrogen-bond donors (Lipinski definition) is 0. The van der Waals surface area contributed by atoms with E-state index in [0.29, 0.717) is 0 Å². The van der Waals surface area contributed by atoms with Gasteiger partial charge in [-0.25, -0.2) is 15.0 Å². The van der Waals surface area contributed by atoms with Crippen molar-refractivity contribution in [3.05, 3.63) is 165 Å². The fourth-order valence-corrected chi connectivity index (χ4v) is 6.95. The third-order valence-corrected chi connectivity index (χ3v) is 9.09. The monoisotopic (exact) mass is 600 g/mol. The van der Waals surface area contributed by atoms with E-state index in [1.807, 2.05) is 42.5 Å². The van der Waals surface area contributed by atoms with Crippen molar-refractivity contribution in [3.63, 3.8) is 0 Å². The molecule has 47 heavy (non-hydrogen) atoms. The quantitative estimate of drug-likeness (QED) is 0.146. The van der Waals surface area contributed by atoms with E-state index in [2.05, 4.69) is 115 Å². The summed E-state index contributed by atoms with van der Waals surface area (Å²) >= 11 is 0. The number of imidazole rings is 1. The molecule has 0 saturated carbocycles. The van der Waals surface area contributed by atoms with Gasteiger partial charge in [0.15, 0.2) is 0 Å². The molecule has 0 unspecified atom stereocenters. The van der Waals surface area contributed by atoms with Gasteiger partial charge in [0.25, 0.3) is 0 Å². The van der Waals surface area contributed by atoms with Crippen LogP contribution in [0, 0.1) is 0 Å². The Kier molecular flexibility index (Phi) is 6.09. The molecule has 9 rings (SSSR count). The largest absolute Gasteiger partial charge is 0.298 e. The van der Waals surface area contributed by atoms with E-state index in [1.165, 1.54) is 16.2 Å². The topological polar surface area (TPSA) is 43.1 Å². The SMILES string of the molecule is C=C/C=C(\C=C)c1nc2cc(-c3cccc(-c4nc5ccccc5c5nc6ccccn6c45)c3)ccc2c2c1ccc1ccccc12. The van der Waals surface area contributed by atoms with Gasteiger partial charge in [0.05, 0.1) is 27.9 Å². The molecule has 4 aromatic heterocycles. The van der Waals surface area contributed by atoms with Crippen molar-refractivity contribution in [3.8, 4) is 22.4 Å². The first-order chi connectivity index (χ1) is 23.2. The van der Waals surface area contributed by atoms with Gasteiger partial charge < -0.3 is 0 Å². The summed E-state index contributed by atoms with van der Waals surface area (Å²) in [6, 6.07) is 42.5. The van der Waals surface area contributed by atoms with Gasteiger partial charge in [-0.3, -0.25) is 4.40 Å². The molecule has 220 valence electrons. The van der Waals surface area contributed by atoms with Crippen molar-refractivity contribution in [2.45, 2.75) is 0 Å². The number of fused-ring (bicyclic) bond motifs is 10. The minimum atomic E-state index is 0.898. The summed E-state index contributed by atoms with van der Waals surface area (Å²) in [7, 11) is 0. The number of benzene rings is 5. The van der Waals surface area contributed by atoms with E-state index in [0.717, 1.165) is 77.5 Å². The van der Waals surface area contributed by atoms with Crippen molar-refractivity contribution in [2.75, 3.05) is 0 Å². The molecule has 0 N–H and O–H groups in total. The van der Waals surface area contributed by atoms with E-state index >= 15 is 0 Å². The number of allylic oxidation sites excluding steroid dienone is 4. The van der Waals surface area contributed by atoms with E-state index in [4.69, 9.17) is 15.0 Å². The summed E-state index contributed by atoms with van der Waals surface area (Å²) in [4.78, 5) is 15.5. The molecule has 5 aromatic carbocycles. The molecular weight excluding hydrogens is 573 g/mol. The first kappa shape index (κ1) is 27.0. The summed E-state index contributed by atoms with van der Waals surface area (Å²) in [6.45, 7) is 8.04. The van der Waals surface area contributed by atoms with Gasteiger partial charge in [-0.1, -0.05) is 122 Å². The first-order valence-corrected chi connectivity index (χ1v) is 15.7. The van der Waals surface area contributed by atoms with Crippen LogP contribution < -0.4 is 0 Å². The van der Waals surface area contributed by atoms with Crippen LogP contribution in [0.2, 0.25) is 0 Å². The van der Waals surface area contributed by atoms with Crippen LogP contribution in [0.25, 0.3) is 88.0 Å². The average molecular weight is 601 g/mol. The molecule has 0 spiro atoms. The fraction of sp³-hybridized carbons (Fsp3) is 0. The third-order valence-electron chi connectivity index (χ3n) is 9.09. The van der Waals surface area contributed by atoms with Gasteiger partial charge in [0.1, 0.15) is 11.2 Å². The summed E-state index contributed by atoms with van der Waals surface area (Å²) in [6.07, 6.45) is 7.68. The Morgan fingerprint density at radius 1 is 0.596 bits per heavy atom. The lowest BCUT2D eigenvalue weighted by Gasteiger charge is -2.14. The summed E-state index contributed by atoms with van der Waals surface area (Å²) in [5.41, 5.74) is 10.7. The Morgan fingerprint density at radius 3 is 2.28 bits per heavy atom. The highest BCUT2D eigenvalue weighted by atomic mass is 15.0. The molecule has 4 nitrogen and oxygen atoms in total. The fourth-order valence-electron chi connectivity index (χ4n) is 6.95. The third kappa shape index (κ3) is 4.19. The van der Waals surface area contributed by atoms with Crippen LogP contribution in [0.15, 0.2) is 159 Å². The highest BCUT2D eigenvalue weighted by Crippen LogP contribution is 2.38. The Bertz CT molecular complexity index is 2780. The van der Waals surface area contributed by atoms with Crippen molar-refractivity contribution < 1.29 is 0 Å². The molecule has 0 radical (unpaired) electrons. The number of pyridine rings is 3. The van der Waals surface area contributed by atoms with Crippen molar-refractivity contribution >= 4 is 65.6 Å². The van der Waals surface area contributed by atoms with Crippen molar-refractivity contribution in [1.82, 2.24) is 19.4 Å².